The van der Waals surface area contributed by atoms with E-state index in [1.807, 2.05) is 0 Å². The van der Waals surface area contributed by atoms with Crippen LogP contribution in [0.5, 0.6) is 0 Å². The lowest BCUT2D eigenvalue weighted by atomic mass is 10.6. The summed E-state index contributed by atoms with van der Waals surface area (Å²) in [5, 5.41) is 6.52. The number of thiophene rings is 1. The Kier molecular flexibility index (Phi) is 3.24. The summed E-state index contributed by atoms with van der Waals surface area (Å²) in [6.07, 6.45) is 2.82. The zero-order valence-electron chi connectivity index (χ0n) is 7.57. The zero-order chi connectivity index (χ0) is 11.8. The lowest BCUT2D eigenvalue weighted by Gasteiger charge is -2.01. The summed E-state index contributed by atoms with van der Waals surface area (Å²) in [6, 6.07) is 1.39. The van der Waals surface area contributed by atoms with Crippen molar-refractivity contribution in [3.63, 3.8) is 0 Å². The van der Waals surface area contributed by atoms with E-state index in [4.69, 9.17) is 11.6 Å². The largest absolute Gasteiger partial charge is 0.284 e. The molecule has 86 valence electrons. The fourth-order valence-electron chi connectivity index (χ4n) is 0.971. The molecule has 0 aliphatic carbocycles. The van der Waals surface area contributed by atoms with Gasteiger partial charge in [0, 0.05) is 6.20 Å². The third-order valence-corrected chi connectivity index (χ3v) is 5.97. The van der Waals surface area contributed by atoms with E-state index < -0.39 is 10.0 Å². The summed E-state index contributed by atoms with van der Waals surface area (Å²) in [4.78, 5) is 0. The van der Waals surface area contributed by atoms with Crippen LogP contribution in [-0.2, 0) is 10.0 Å². The Balaban J connectivity index is 2.32. The van der Waals surface area contributed by atoms with Crippen molar-refractivity contribution in [2.24, 2.45) is 0 Å². The van der Waals surface area contributed by atoms with Crippen molar-refractivity contribution in [1.29, 1.82) is 0 Å². The van der Waals surface area contributed by atoms with Crippen LogP contribution in [0, 0.1) is 0 Å². The van der Waals surface area contributed by atoms with Crippen molar-refractivity contribution in [2.45, 2.75) is 4.21 Å². The lowest BCUT2D eigenvalue weighted by Crippen LogP contribution is -2.10. The molecule has 0 aliphatic heterocycles. The molecule has 0 saturated heterocycles. The molecule has 0 amide bonds. The highest BCUT2D eigenvalue weighted by atomic mass is 79.9. The quantitative estimate of drug-likeness (QED) is 0.900. The molecule has 2 aromatic heterocycles. The van der Waals surface area contributed by atoms with E-state index in [1.165, 1.54) is 18.5 Å². The van der Waals surface area contributed by atoms with Gasteiger partial charge < -0.3 is 0 Å². The maximum Gasteiger partial charge on any atom is 0.271 e. The predicted octanol–water partition coefficient (Wildman–Crippen LogP) is 2.69. The fourth-order valence-corrected chi connectivity index (χ4v) is 4.40. The van der Waals surface area contributed by atoms with Crippen molar-refractivity contribution < 1.29 is 8.42 Å². The second-order valence-corrected chi connectivity index (χ2v) is 7.47. The number of hydrogen-bond acceptors (Lipinski definition) is 4. The molecular weight excluding hydrogens is 338 g/mol. The van der Waals surface area contributed by atoms with Crippen LogP contribution in [0.1, 0.15) is 0 Å². The Morgan fingerprint density at radius 1 is 1.56 bits per heavy atom. The molecule has 0 unspecified atom stereocenters. The van der Waals surface area contributed by atoms with Gasteiger partial charge in [0.05, 0.1) is 20.7 Å². The van der Waals surface area contributed by atoms with Crippen LogP contribution >= 0.6 is 38.9 Å². The fraction of sp³-hybridized carbons (Fsp3) is 0. The van der Waals surface area contributed by atoms with Gasteiger partial charge in [-0.05, 0) is 22.0 Å². The maximum absolute atomic E-state index is 11.8. The average molecular weight is 343 g/mol. The number of H-pyrrole nitrogens is 1. The van der Waals surface area contributed by atoms with Gasteiger partial charge in [-0.25, -0.2) is 8.42 Å². The molecule has 9 heteroatoms. The maximum atomic E-state index is 11.8. The van der Waals surface area contributed by atoms with Crippen LogP contribution in [0.25, 0.3) is 0 Å². The van der Waals surface area contributed by atoms with Gasteiger partial charge in [0.2, 0.25) is 0 Å². The van der Waals surface area contributed by atoms with Gasteiger partial charge in [0.15, 0.2) is 0 Å². The third kappa shape index (κ3) is 2.40. The molecule has 2 heterocycles. The second kappa shape index (κ2) is 4.36. The minimum atomic E-state index is -3.59. The highest BCUT2D eigenvalue weighted by molar-refractivity contribution is 9.11. The zero-order valence-corrected chi connectivity index (χ0v) is 11.5. The molecule has 2 N–H and O–H groups in total. The molecule has 0 aromatic carbocycles. The molecule has 16 heavy (non-hydrogen) atoms. The van der Waals surface area contributed by atoms with Crippen LogP contribution < -0.4 is 4.72 Å². The van der Waals surface area contributed by atoms with E-state index in [9.17, 15) is 8.42 Å². The van der Waals surface area contributed by atoms with E-state index in [2.05, 4.69) is 30.8 Å². The van der Waals surface area contributed by atoms with Gasteiger partial charge in [-0.1, -0.05) is 11.6 Å². The van der Waals surface area contributed by atoms with E-state index in [1.54, 1.807) is 0 Å². The van der Waals surface area contributed by atoms with Crippen molar-refractivity contribution in [3.05, 3.63) is 27.3 Å². The summed E-state index contributed by atoms with van der Waals surface area (Å²) in [5.41, 5.74) is 0.376. The van der Waals surface area contributed by atoms with Gasteiger partial charge in [0.25, 0.3) is 10.0 Å². The number of sulfonamides is 1. The van der Waals surface area contributed by atoms with Crippen LogP contribution in [0.2, 0.25) is 5.02 Å². The van der Waals surface area contributed by atoms with E-state index in [0.717, 1.165) is 11.3 Å². The van der Waals surface area contributed by atoms with Crippen LogP contribution in [-0.4, -0.2) is 18.6 Å². The third-order valence-electron chi connectivity index (χ3n) is 1.64. The molecule has 0 spiro atoms. The Bertz CT molecular complexity index is 574. The molecule has 2 rings (SSSR count). The minimum Gasteiger partial charge on any atom is -0.284 e. The summed E-state index contributed by atoms with van der Waals surface area (Å²) in [6.45, 7) is 0. The minimum absolute atomic E-state index is 0.144. The molecule has 0 bridgehead atoms. The highest BCUT2D eigenvalue weighted by Gasteiger charge is 2.19. The van der Waals surface area contributed by atoms with Crippen molar-refractivity contribution in [1.82, 2.24) is 10.2 Å². The molecule has 0 fully saturated rings. The summed E-state index contributed by atoms with van der Waals surface area (Å²) < 4.78 is 26.8. The SMILES string of the molecule is O=S(=O)(Nc1cn[nH]c1)c1cc(Cl)c(Br)s1. The number of aromatic amines is 1. The normalized spacial score (nSPS) is 11.6. The smallest absolute Gasteiger partial charge is 0.271 e. The molecule has 0 atom stereocenters. The average Bonchev–Trinajstić information content (AvgIpc) is 2.78. The van der Waals surface area contributed by atoms with Gasteiger partial charge in [0.1, 0.15) is 4.21 Å². The van der Waals surface area contributed by atoms with Gasteiger partial charge in [-0.15, -0.1) is 11.3 Å². The summed E-state index contributed by atoms with van der Waals surface area (Å²) in [5.74, 6) is 0. The second-order valence-electron chi connectivity index (χ2n) is 2.78. The van der Waals surface area contributed by atoms with Gasteiger partial charge in [-0.2, -0.15) is 5.10 Å². The van der Waals surface area contributed by atoms with Crippen molar-refractivity contribution in [3.8, 4) is 0 Å². The number of rotatable bonds is 3. The van der Waals surface area contributed by atoms with Crippen LogP contribution in [0.15, 0.2) is 26.5 Å². The van der Waals surface area contributed by atoms with E-state index in [0.29, 0.717) is 14.5 Å². The van der Waals surface area contributed by atoms with Crippen molar-refractivity contribution in [2.75, 3.05) is 4.72 Å². The first-order valence-corrected chi connectivity index (χ1v) is 7.42. The number of anilines is 1. The summed E-state index contributed by atoms with van der Waals surface area (Å²) >= 11 is 9.98. The van der Waals surface area contributed by atoms with Crippen molar-refractivity contribution >= 4 is 54.6 Å². The molecule has 2 aromatic rings. The Morgan fingerprint density at radius 3 is 2.81 bits per heavy atom. The first kappa shape index (κ1) is 11.9. The Hall–Kier alpha value is -0.570. The number of halogens is 2. The monoisotopic (exact) mass is 341 g/mol. The number of nitrogens with zero attached hydrogens (tertiary/aromatic N) is 1. The standard InChI is InChI=1S/C7H5BrClN3O2S2/c8-7-5(9)1-6(15-7)16(13,14)12-4-2-10-11-3-4/h1-3,12H,(H,10,11). The first-order chi connectivity index (χ1) is 7.49. The van der Waals surface area contributed by atoms with E-state index >= 15 is 0 Å². The number of nitrogens with one attached hydrogen (secondary N) is 2. The van der Waals surface area contributed by atoms with Crippen LogP contribution in [0.4, 0.5) is 5.69 Å². The molecule has 0 aliphatic rings. The van der Waals surface area contributed by atoms with Crippen LogP contribution in [0.3, 0.4) is 0 Å². The molecule has 5 nitrogen and oxygen atoms in total. The van der Waals surface area contributed by atoms with Gasteiger partial charge in [-0.3, -0.25) is 9.82 Å². The number of hydrogen-bond donors (Lipinski definition) is 2. The first-order valence-electron chi connectivity index (χ1n) is 3.95. The predicted molar refractivity (Wildman–Crippen MR) is 66.4 cm³/mol. The summed E-state index contributed by atoms with van der Waals surface area (Å²) in [7, 11) is -3.59. The Morgan fingerprint density at radius 2 is 2.31 bits per heavy atom. The number of aromatic nitrogens is 2. The van der Waals surface area contributed by atoms with E-state index in [-0.39, 0.29) is 4.21 Å². The lowest BCUT2D eigenvalue weighted by molar-refractivity contribution is 0.603. The molecule has 0 saturated carbocycles. The Labute approximate surface area is 109 Å². The molecular formula is C7H5BrClN3O2S2. The topological polar surface area (TPSA) is 74.8 Å². The highest BCUT2D eigenvalue weighted by Crippen LogP contribution is 2.35. The molecule has 0 radical (unpaired) electrons. The van der Waals surface area contributed by atoms with Gasteiger partial charge >= 0.3 is 0 Å².